The van der Waals surface area contributed by atoms with Crippen molar-refractivity contribution in [1.29, 1.82) is 0 Å². The smallest absolute Gasteiger partial charge is 0.328 e. The van der Waals surface area contributed by atoms with Gasteiger partial charge in [-0.1, -0.05) is 30.0 Å². The summed E-state index contributed by atoms with van der Waals surface area (Å²) in [5, 5.41) is 4.72. The Kier molecular flexibility index (Phi) is 2.92. The Morgan fingerprint density at radius 1 is 1.16 bits per heavy atom. The fraction of sp³-hybridized carbons (Fsp3) is 0.0909. The predicted octanol–water partition coefficient (Wildman–Crippen LogP) is 1.62. The molecule has 19 heavy (non-hydrogen) atoms. The van der Waals surface area contributed by atoms with Crippen molar-refractivity contribution in [2.75, 3.05) is 12.0 Å². The van der Waals surface area contributed by atoms with E-state index in [1.165, 1.54) is 16.3 Å². The number of hydrogen-bond acceptors (Lipinski definition) is 7. The van der Waals surface area contributed by atoms with Crippen LogP contribution in [0.4, 0.5) is 5.95 Å². The highest BCUT2D eigenvalue weighted by atomic mass is 32.2. The number of para-hydroxylation sites is 1. The van der Waals surface area contributed by atoms with Crippen LogP contribution in [0.5, 0.6) is 11.8 Å². The molecule has 7 nitrogen and oxygen atoms in total. The van der Waals surface area contributed by atoms with E-state index in [-0.39, 0.29) is 12.0 Å². The average Bonchev–Trinajstić information content (AvgIpc) is 2.83. The van der Waals surface area contributed by atoms with Gasteiger partial charge in [-0.15, -0.1) is 5.10 Å². The van der Waals surface area contributed by atoms with Crippen LogP contribution in [0.15, 0.2) is 35.5 Å². The molecule has 0 aliphatic carbocycles. The molecule has 8 heteroatoms. The third-order valence-electron chi connectivity index (χ3n) is 2.33. The van der Waals surface area contributed by atoms with Crippen LogP contribution in [0, 0.1) is 0 Å². The Bertz CT molecular complexity index is 714. The molecule has 0 bridgehead atoms. The minimum atomic E-state index is 0.149. The van der Waals surface area contributed by atoms with E-state index in [0.717, 1.165) is 0 Å². The number of hydrogen-bond donors (Lipinski definition) is 1. The van der Waals surface area contributed by atoms with Gasteiger partial charge in [0.2, 0.25) is 11.1 Å². The summed E-state index contributed by atoms with van der Waals surface area (Å²) in [5.41, 5.74) is 5.80. The van der Waals surface area contributed by atoms with Crippen LogP contribution in [0.25, 0.3) is 5.78 Å². The Morgan fingerprint density at radius 2 is 1.95 bits per heavy atom. The zero-order valence-corrected chi connectivity index (χ0v) is 10.8. The van der Waals surface area contributed by atoms with E-state index >= 15 is 0 Å². The first kappa shape index (κ1) is 11.7. The van der Waals surface area contributed by atoms with Crippen molar-refractivity contribution in [2.24, 2.45) is 0 Å². The maximum absolute atomic E-state index is 5.80. The first-order valence-electron chi connectivity index (χ1n) is 5.43. The highest BCUT2D eigenvalue weighted by Gasteiger charge is 2.11. The molecule has 1 aromatic carbocycles. The second kappa shape index (κ2) is 4.73. The fourth-order valence-electron chi connectivity index (χ4n) is 1.49. The van der Waals surface area contributed by atoms with Crippen molar-refractivity contribution in [1.82, 2.24) is 24.6 Å². The van der Waals surface area contributed by atoms with Crippen LogP contribution in [-0.2, 0) is 0 Å². The van der Waals surface area contributed by atoms with E-state index in [9.17, 15) is 0 Å². The van der Waals surface area contributed by atoms with Crippen LogP contribution < -0.4 is 10.5 Å². The van der Waals surface area contributed by atoms with Gasteiger partial charge < -0.3 is 10.5 Å². The Labute approximate surface area is 112 Å². The number of nitrogen functional groups attached to an aromatic ring is 1. The van der Waals surface area contributed by atoms with Crippen LogP contribution >= 0.6 is 11.8 Å². The maximum atomic E-state index is 5.80. The molecule has 0 amide bonds. The molecule has 0 spiro atoms. The molecule has 0 atom stereocenters. The normalized spacial score (nSPS) is 10.8. The summed E-state index contributed by atoms with van der Waals surface area (Å²) in [6.07, 6.45) is 1.87. The van der Waals surface area contributed by atoms with Gasteiger partial charge >= 0.3 is 6.01 Å². The van der Waals surface area contributed by atoms with E-state index in [2.05, 4.69) is 20.1 Å². The molecular weight excluding hydrogens is 264 g/mol. The SMILES string of the molecule is CSc1nc2nc(Oc3ccccc3)nc(N)n2n1. The number of nitrogens with zero attached hydrogens (tertiary/aromatic N) is 5. The zero-order valence-electron chi connectivity index (χ0n) is 10.0. The van der Waals surface area contributed by atoms with Gasteiger partial charge in [-0.05, 0) is 18.4 Å². The second-order valence-electron chi connectivity index (χ2n) is 3.59. The van der Waals surface area contributed by atoms with Gasteiger partial charge in [-0.25, -0.2) is 0 Å². The molecule has 0 saturated carbocycles. The summed E-state index contributed by atoms with van der Waals surface area (Å²) in [7, 11) is 0. The van der Waals surface area contributed by atoms with E-state index in [4.69, 9.17) is 10.5 Å². The van der Waals surface area contributed by atoms with Gasteiger partial charge in [0.25, 0.3) is 5.78 Å². The largest absolute Gasteiger partial charge is 0.424 e. The third kappa shape index (κ3) is 2.29. The molecular formula is C11H10N6OS. The Morgan fingerprint density at radius 3 is 2.68 bits per heavy atom. The fourth-order valence-corrected chi connectivity index (χ4v) is 1.83. The average molecular weight is 274 g/mol. The van der Waals surface area contributed by atoms with Crippen LogP contribution in [0.2, 0.25) is 0 Å². The molecule has 2 N–H and O–H groups in total. The molecule has 0 aliphatic rings. The topological polar surface area (TPSA) is 91.2 Å². The first-order chi connectivity index (χ1) is 9.26. The first-order valence-corrected chi connectivity index (χ1v) is 6.66. The number of nitrogens with two attached hydrogens (primary N) is 1. The molecule has 0 unspecified atom stereocenters. The van der Waals surface area contributed by atoms with Gasteiger partial charge in [-0.2, -0.15) is 19.5 Å². The summed E-state index contributed by atoms with van der Waals surface area (Å²) < 4.78 is 6.90. The quantitative estimate of drug-likeness (QED) is 0.725. The lowest BCUT2D eigenvalue weighted by Crippen LogP contribution is -2.05. The number of ether oxygens (including phenoxy) is 1. The van der Waals surface area contributed by atoms with Gasteiger partial charge in [0.05, 0.1) is 0 Å². The lowest BCUT2D eigenvalue weighted by atomic mass is 10.3. The summed E-state index contributed by atoms with van der Waals surface area (Å²) in [6.45, 7) is 0. The third-order valence-corrected chi connectivity index (χ3v) is 2.87. The van der Waals surface area contributed by atoms with Gasteiger partial charge in [-0.3, -0.25) is 0 Å². The highest BCUT2D eigenvalue weighted by Crippen LogP contribution is 2.19. The Hall–Kier alpha value is -2.35. The predicted molar refractivity (Wildman–Crippen MR) is 71.3 cm³/mol. The zero-order chi connectivity index (χ0) is 13.2. The van der Waals surface area contributed by atoms with E-state index in [1.807, 2.05) is 24.5 Å². The lowest BCUT2D eigenvalue weighted by molar-refractivity contribution is 0.441. The molecule has 0 saturated heterocycles. The molecule has 3 rings (SSSR count). The maximum Gasteiger partial charge on any atom is 0.328 e. The second-order valence-corrected chi connectivity index (χ2v) is 4.36. The molecule has 2 heterocycles. The summed E-state index contributed by atoms with van der Waals surface area (Å²) in [4.78, 5) is 12.4. The molecule has 96 valence electrons. The van der Waals surface area contributed by atoms with Crippen LogP contribution in [-0.4, -0.2) is 30.8 Å². The van der Waals surface area contributed by atoms with E-state index in [1.54, 1.807) is 12.1 Å². The van der Waals surface area contributed by atoms with Crippen LogP contribution in [0.3, 0.4) is 0 Å². The number of aromatic nitrogens is 5. The number of rotatable bonds is 3. The minimum Gasteiger partial charge on any atom is -0.424 e. The monoisotopic (exact) mass is 274 g/mol. The molecule has 2 aromatic heterocycles. The van der Waals surface area contributed by atoms with Crippen molar-refractivity contribution in [3.8, 4) is 11.8 Å². The van der Waals surface area contributed by atoms with E-state index in [0.29, 0.717) is 16.7 Å². The number of fused-ring (bicyclic) bond motifs is 1. The van der Waals surface area contributed by atoms with Crippen molar-refractivity contribution in [2.45, 2.75) is 5.16 Å². The van der Waals surface area contributed by atoms with Gasteiger partial charge in [0.1, 0.15) is 5.75 Å². The molecule has 0 aliphatic heterocycles. The molecule has 0 radical (unpaired) electrons. The van der Waals surface area contributed by atoms with Crippen molar-refractivity contribution < 1.29 is 4.74 Å². The minimum absolute atomic E-state index is 0.149. The number of thioether (sulfide) groups is 1. The van der Waals surface area contributed by atoms with Gasteiger partial charge in [0.15, 0.2) is 0 Å². The lowest BCUT2D eigenvalue weighted by Gasteiger charge is -2.03. The summed E-state index contributed by atoms with van der Waals surface area (Å²) >= 11 is 1.41. The molecule has 0 fully saturated rings. The number of benzene rings is 1. The standard InChI is InChI=1S/C11H10N6OS/c1-19-11-15-9-14-10(13-8(12)17(9)16-11)18-7-5-3-2-4-6-7/h2-6H,1H3,(H2,12,13,14,15,16). The number of anilines is 1. The highest BCUT2D eigenvalue weighted by molar-refractivity contribution is 7.98. The van der Waals surface area contributed by atoms with E-state index < -0.39 is 0 Å². The summed E-state index contributed by atoms with van der Waals surface area (Å²) in [6, 6.07) is 9.38. The van der Waals surface area contributed by atoms with Crippen molar-refractivity contribution in [3.63, 3.8) is 0 Å². The van der Waals surface area contributed by atoms with Crippen molar-refractivity contribution in [3.05, 3.63) is 30.3 Å². The van der Waals surface area contributed by atoms with Crippen LogP contribution in [0.1, 0.15) is 0 Å². The molecule has 3 aromatic rings. The van der Waals surface area contributed by atoms with Gasteiger partial charge in [0, 0.05) is 0 Å². The summed E-state index contributed by atoms with van der Waals surface area (Å²) in [5.74, 6) is 1.18. The Balaban J connectivity index is 2.01. The van der Waals surface area contributed by atoms with Crippen molar-refractivity contribution >= 4 is 23.5 Å².